The summed E-state index contributed by atoms with van der Waals surface area (Å²) in [6.07, 6.45) is 0.816. The van der Waals surface area contributed by atoms with Crippen LogP contribution in [-0.2, 0) is 9.47 Å². The Morgan fingerprint density at radius 2 is 2.44 bits per heavy atom. The summed E-state index contributed by atoms with van der Waals surface area (Å²) < 4.78 is 21.3. The molecule has 1 saturated heterocycles. The summed E-state index contributed by atoms with van der Waals surface area (Å²) in [5.41, 5.74) is 0. The fourth-order valence-electron chi connectivity index (χ4n) is 0.536. The lowest BCUT2D eigenvalue weighted by atomic mass is 10.5. The average molecular weight is 134 g/mol. The summed E-state index contributed by atoms with van der Waals surface area (Å²) in [6.45, 7) is 1.69. The Balaban J connectivity index is 1.71. The SMILES string of the molecule is FCCCOC[C@H]1CO1. The van der Waals surface area contributed by atoms with Crippen molar-refractivity contribution in [1.29, 1.82) is 0 Å². The molecular weight excluding hydrogens is 123 g/mol. The van der Waals surface area contributed by atoms with Crippen LogP contribution >= 0.6 is 0 Å². The standard InChI is InChI=1S/C6H11FO2/c7-2-1-3-8-4-6-5-9-6/h6H,1-5H2/t6-/m0/s1. The summed E-state index contributed by atoms with van der Waals surface area (Å²) in [4.78, 5) is 0. The van der Waals surface area contributed by atoms with Gasteiger partial charge in [-0.15, -0.1) is 0 Å². The molecule has 1 rings (SSSR count). The number of hydrogen-bond acceptors (Lipinski definition) is 2. The summed E-state index contributed by atoms with van der Waals surface area (Å²) in [5, 5.41) is 0. The van der Waals surface area contributed by atoms with Gasteiger partial charge in [-0.05, 0) is 6.42 Å². The molecule has 1 aliphatic rings. The minimum Gasteiger partial charge on any atom is -0.379 e. The van der Waals surface area contributed by atoms with Crippen LogP contribution in [0.4, 0.5) is 4.39 Å². The first kappa shape index (κ1) is 6.96. The Morgan fingerprint density at radius 1 is 1.67 bits per heavy atom. The first-order valence-corrected chi connectivity index (χ1v) is 3.19. The third-order valence-corrected chi connectivity index (χ3v) is 1.13. The zero-order valence-corrected chi connectivity index (χ0v) is 5.31. The molecule has 0 aliphatic carbocycles. The second-order valence-electron chi connectivity index (χ2n) is 2.07. The van der Waals surface area contributed by atoms with Crippen LogP contribution in [0.1, 0.15) is 6.42 Å². The fraction of sp³-hybridized carbons (Fsp3) is 1.00. The molecule has 0 aromatic heterocycles. The monoisotopic (exact) mass is 134 g/mol. The molecule has 1 aliphatic heterocycles. The molecule has 1 heterocycles. The largest absolute Gasteiger partial charge is 0.379 e. The normalized spacial score (nSPS) is 24.3. The lowest BCUT2D eigenvalue weighted by Gasteiger charge is -1.96. The van der Waals surface area contributed by atoms with Crippen molar-refractivity contribution >= 4 is 0 Å². The van der Waals surface area contributed by atoms with Gasteiger partial charge < -0.3 is 9.47 Å². The molecule has 0 spiro atoms. The number of epoxide rings is 1. The molecule has 0 aromatic rings. The van der Waals surface area contributed by atoms with Crippen molar-refractivity contribution in [3.8, 4) is 0 Å². The van der Waals surface area contributed by atoms with Gasteiger partial charge in [-0.3, -0.25) is 4.39 Å². The van der Waals surface area contributed by atoms with Gasteiger partial charge in [0.1, 0.15) is 6.10 Å². The van der Waals surface area contributed by atoms with E-state index < -0.39 is 0 Å². The quantitative estimate of drug-likeness (QED) is 0.409. The molecule has 0 bridgehead atoms. The number of rotatable bonds is 5. The van der Waals surface area contributed by atoms with E-state index in [-0.39, 0.29) is 6.67 Å². The van der Waals surface area contributed by atoms with Crippen molar-refractivity contribution in [2.45, 2.75) is 12.5 Å². The minimum absolute atomic E-state index is 0.286. The zero-order valence-electron chi connectivity index (χ0n) is 5.31. The molecule has 1 atom stereocenters. The minimum atomic E-state index is -0.286. The van der Waals surface area contributed by atoms with Gasteiger partial charge in [-0.2, -0.15) is 0 Å². The van der Waals surface area contributed by atoms with Gasteiger partial charge in [-0.1, -0.05) is 0 Å². The van der Waals surface area contributed by atoms with Gasteiger partial charge in [-0.25, -0.2) is 0 Å². The second kappa shape index (κ2) is 3.80. The van der Waals surface area contributed by atoms with E-state index in [1.807, 2.05) is 0 Å². The Kier molecular flexibility index (Phi) is 2.94. The molecule has 54 valence electrons. The Morgan fingerprint density at radius 3 is 3.00 bits per heavy atom. The van der Waals surface area contributed by atoms with Gasteiger partial charge >= 0.3 is 0 Å². The van der Waals surface area contributed by atoms with Crippen molar-refractivity contribution in [3.05, 3.63) is 0 Å². The van der Waals surface area contributed by atoms with Crippen molar-refractivity contribution in [2.75, 3.05) is 26.5 Å². The maximum Gasteiger partial charge on any atom is 0.104 e. The molecule has 0 radical (unpaired) electrons. The second-order valence-corrected chi connectivity index (χ2v) is 2.07. The van der Waals surface area contributed by atoms with E-state index in [9.17, 15) is 4.39 Å². The van der Waals surface area contributed by atoms with Crippen LogP contribution < -0.4 is 0 Å². The fourth-order valence-corrected chi connectivity index (χ4v) is 0.536. The van der Waals surface area contributed by atoms with Crippen LogP contribution in [0.2, 0.25) is 0 Å². The molecule has 3 heteroatoms. The lowest BCUT2D eigenvalue weighted by molar-refractivity contribution is 0.110. The van der Waals surface area contributed by atoms with E-state index in [0.29, 0.717) is 25.7 Å². The van der Waals surface area contributed by atoms with Crippen LogP contribution in [0.3, 0.4) is 0 Å². The Labute approximate surface area is 54.0 Å². The van der Waals surface area contributed by atoms with Crippen LogP contribution in [0, 0.1) is 0 Å². The van der Waals surface area contributed by atoms with Crippen molar-refractivity contribution in [3.63, 3.8) is 0 Å². The maximum atomic E-state index is 11.4. The van der Waals surface area contributed by atoms with E-state index in [1.54, 1.807) is 0 Å². The summed E-state index contributed by atoms with van der Waals surface area (Å²) in [6, 6.07) is 0. The first-order valence-electron chi connectivity index (χ1n) is 3.19. The van der Waals surface area contributed by atoms with Gasteiger partial charge in [0.15, 0.2) is 0 Å². The van der Waals surface area contributed by atoms with Gasteiger partial charge in [0, 0.05) is 6.61 Å². The topological polar surface area (TPSA) is 21.8 Å². The van der Waals surface area contributed by atoms with Gasteiger partial charge in [0.25, 0.3) is 0 Å². The van der Waals surface area contributed by atoms with E-state index in [2.05, 4.69) is 0 Å². The lowest BCUT2D eigenvalue weighted by Crippen LogP contribution is -2.02. The van der Waals surface area contributed by atoms with Crippen molar-refractivity contribution in [1.82, 2.24) is 0 Å². The highest BCUT2D eigenvalue weighted by Crippen LogP contribution is 2.08. The number of ether oxygens (including phenoxy) is 2. The highest BCUT2D eigenvalue weighted by molar-refractivity contribution is 4.66. The maximum absolute atomic E-state index is 11.4. The molecule has 0 unspecified atom stereocenters. The molecule has 0 N–H and O–H groups in total. The predicted molar refractivity (Wildman–Crippen MR) is 31.2 cm³/mol. The van der Waals surface area contributed by atoms with Gasteiger partial charge in [0.05, 0.1) is 19.9 Å². The predicted octanol–water partition coefficient (Wildman–Crippen LogP) is 0.761. The third-order valence-electron chi connectivity index (χ3n) is 1.13. The van der Waals surface area contributed by atoms with Crippen LogP contribution in [0.5, 0.6) is 0 Å². The summed E-state index contributed by atoms with van der Waals surface area (Å²) >= 11 is 0. The summed E-state index contributed by atoms with van der Waals surface area (Å²) in [5.74, 6) is 0. The van der Waals surface area contributed by atoms with Crippen LogP contribution in [0.15, 0.2) is 0 Å². The van der Waals surface area contributed by atoms with E-state index >= 15 is 0 Å². The molecule has 0 saturated carbocycles. The smallest absolute Gasteiger partial charge is 0.104 e. The van der Waals surface area contributed by atoms with E-state index in [1.165, 1.54) is 0 Å². The molecule has 0 amide bonds. The number of alkyl halides is 1. The number of halogens is 1. The van der Waals surface area contributed by atoms with E-state index in [4.69, 9.17) is 9.47 Å². The molecular formula is C6H11FO2. The van der Waals surface area contributed by atoms with Gasteiger partial charge in [0.2, 0.25) is 0 Å². The van der Waals surface area contributed by atoms with E-state index in [0.717, 1.165) is 6.61 Å². The van der Waals surface area contributed by atoms with Crippen molar-refractivity contribution < 1.29 is 13.9 Å². The van der Waals surface area contributed by atoms with Crippen LogP contribution in [-0.4, -0.2) is 32.6 Å². The van der Waals surface area contributed by atoms with Crippen molar-refractivity contribution in [2.24, 2.45) is 0 Å². The molecule has 1 fully saturated rings. The highest BCUT2D eigenvalue weighted by atomic mass is 19.1. The van der Waals surface area contributed by atoms with Crippen LogP contribution in [0.25, 0.3) is 0 Å². The summed E-state index contributed by atoms with van der Waals surface area (Å²) in [7, 11) is 0. The Bertz CT molecular complexity index is 73.5. The molecule has 2 nitrogen and oxygen atoms in total. The third kappa shape index (κ3) is 3.43. The first-order chi connectivity index (χ1) is 4.43. The Hall–Kier alpha value is -0.150. The number of hydrogen-bond donors (Lipinski definition) is 0. The highest BCUT2D eigenvalue weighted by Gasteiger charge is 2.21. The molecule has 9 heavy (non-hydrogen) atoms. The zero-order chi connectivity index (χ0) is 6.53. The molecule has 0 aromatic carbocycles. The average Bonchev–Trinajstić information content (AvgIpc) is 2.63.